The molecule has 0 spiro atoms. The first-order chi connectivity index (χ1) is 13.3. The first kappa shape index (κ1) is 18.4. The van der Waals surface area contributed by atoms with Crippen LogP contribution in [0.15, 0.2) is 59.7 Å². The standard InChI is InChI=1S/C23H24N2O3/c1-21(2)22(3)13-14-23(21,28-20(22)27)19(26)25-24-15-16-9-11-18(12-10-16)17-7-5-4-6-8-17/h4-12,15H,13-14H2,1-3H3,(H,25,26). The Morgan fingerprint density at radius 2 is 1.64 bits per heavy atom. The molecule has 1 heterocycles. The van der Waals surface area contributed by atoms with Crippen LogP contribution in [0.25, 0.3) is 11.1 Å². The van der Waals surface area contributed by atoms with Crippen molar-refractivity contribution in [2.45, 2.75) is 39.2 Å². The van der Waals surface area contributed by atoms with Crippen molar-refractivity contribution in [3.8, 4) is 11.1 Å². The van der Waals surface area contributed by atoms with Crippen LogP contribution in [0, 0.1) is 10.8 Å². The second-order valence-electron chi connectivity index (χ2n) is 8.36. The Balaban J connectivity index is 1.46. The highest BCUT2D eigenvalue weighted by atomic mass is 16.6. The molecule has 2 bridgehead atoms. The van der Waals surface area contributed by atoms with Crippen LogP contribution in [-0.2, 0) is 14.3 Å². The maximum absolute atomic E-state index is 12.9. The summed E-state index contributed by atoms with van der Waals surface area (Å²) in [5, 5.41) is 4.10. The second kappa shape index (κ2) is 6.30. The number of nitrogens with zero attached hydrogens (tertiary/aromatic N) is 1. The van der Waals surface area contributed by atoms with E-state index in [1.165, 1.54) is 0 Å². The van der Waals surface area contributed by atoms with Crippen LogP contribution in [-0.4, -0.2) is 23.7 Å². The minimum Gasteiger partial charge on any atom is -0.448 e. The van der Waals surface area contributed by atoms with Crippen molar-refractivity contribution in [2.75, 3.05) is 0 Å². The molecule has 2 atom stereocenters. The van der Waals surface area contributed by atoms with Gasteiger partial charge in [-0.2, -0.15) is 5.10 Å². The predicted molar refractivity (Wildman–Crippen MR) is 108 cm³/mol. The van der Waals surface area contributed by atoms with Crippen molar-refractivity contribution < 1.29 is 14.3 Å². The van der Waals surface area contributed by atoms with Gasteiger partial charge < -0.3 is 4.74 Å². The lowest BCUT2D eigenvalue weighted by Gasteiger charge is -2.34. The lowest BCUT2D eigenvalue weighted by Crippen LogP contribution is -2.52. The van der Waals surface area contributed by atoms with E-state index in [0.29, 0.717) is 12.8 Å². The number of hydrogen-bond donors (Lipinski definition) is 1. The van der Waals surface area contributed by atoms with Gasteiger partial charge in [0, 0.05) is 5.41 Å². The molecule has 1 amide bonds. The highest BCUT2D eigenvalue weighted by molar-refractivity contribution is 5.96. The number of hydrazone groups is 1. The Labute approximate surface area is 164 Å². The largest absolute Gasteiger partial charge is 0.448 e. The molecular formula is C23H24N2O3. The minimum atomic E-state index is -1.15. The van der Waals surface area contributed by atoms with Crippen molar-refractivity contribution >= 4 is 18.1 Å². The van der Waals surface area contributed by atoms with Crippen LogP contribution >= 0.6 is 0 Å². The zero-order valence-corrected chi connectivity index (χ0v) is 16.4. The Hall–Kier alpha value is -2.95. The fraction of sp³-hybridized carbons (Fsp3) is 0.348. The van der Waals surface area contributed by atoms with Gasteiger partial charge in [-0.3, -0.25) is 9.59 Å². The van der Waals surface area contributed by atoms with Crippen LogP contribution in [0.4, 0.5) is 0 Å². The first-order valence-electron chi connectivity index (χ1n) is 9.53. The summed E-state index contributed by atoms with van der Waals surface area (Å²) < 4.78 is 5.57. The number of ether oxygens (including phenoxy) is 1. The van der Waals surface area contributed by atoms with Gasteiger partial charge in [-0.05, 0) is 36.5 Å². The van der Waals surface area contributed by atoms with Gasteiger partial charge in [0.1, 0.15) is 0 Å². The van der Waals surface area contributed by atoms with Crippen molar-refractivity contribution in [3.05, 3.63) is 60.2 Å². The van der Waals surface area contributed by atoms with E-state index in [9.17, 15) is 9.59 Å². The van der Waals surface area contributed by atoms with E-state index in [-0.39, 0.29) is 11.9 Å². The Bertz CT molecular complexity index is 950. The lowest BCUT2D eigenvalue weighted by molar-refractivity contribution is -0.168. The minimum absolute atomic E-state index is 0.292. The molecule has 4 rings (SSSR count). The van der Waals surface area contributed by atoms with E-state index < -0.39 is 16.4 Å². The van der Waals surface area contributed by atoms with E-state index in [0.717, 1.165) is 16.7 Å². The molecule has 0 aromatic heterocycles. The third-order valence-corrected chi connectivity index (χ3v) is 6.85. The summed E-state index contributed by atoms with van der Waals surface area (Å²) in [5.41, 5.74) is 3.37. The average molecular weight is 376 g/mol. The molecule has 2 fully saturated rings. The summed E-state index contributed by atoms with van der Waals surface area (Å²) in [6.45, 7) is 5.74. The van der Waals surface area contributed by atoms with Crippen molar-refractivity contribution in [1.29, 1.82) is 0 Å². The average Bonchev–Trinajstić information content (AvgIpc) is 2.99. The molecule has 2 aromatic carbocycles. The summed E-state index contributed by atoms with van der Waals surface area (Å²) in [4.78, 5) is 25.1. The van der Waals surface area contributed by atoms with Gasteiger partial charge >= 0.3 is 5.97 Å². The molecular weight excluding hydrogens is 352 g/mol. The quantitative estimate of drug-likeness (QED) is 0.499. The van der Waals surface area contributed by atoms with Crippen molar-refractivity contribution in [2.24, 2.45) is 15.9 Å². The maximum atomic E-state index is 12.9. The predicted octanol–water partition coefficient (Wildman–Crippen LogP) is 3.93. The Morgan fingerprint density at radius 3 is 2.21 bits per heavy atom. The molecule has 1 aliphatic carbocycles. The number of esters is 1. The topological polar surface area (TPSA) is 67.8 Å². The SMILES string of the molecule is CC12CCC(C(=O)NN=Cc3ccc(-c4ccccc4)cc3)(OC1=O)C2(C)C. The summed E-state index contributed by atoms with van der Waals surface area (Å²) in [6.07, 6.45) is 2.77. The van der Waals surface area contributed by atoms with E-state index in [4.69, 9.17) is 4.74 Å². The Kier molecular flexibility index (Phi) is 4.14. The van der Waals surface area contributed by atoms with E-state index in [1.54, 1.807) is 6.21 Å². The highest BCUT2D eigenvalue weighted by Gasteiger charge is 2.75. The lowest BCUT2D eigenvalue weighted by atomic mass is 9.66. The maximum Gasteiger partial charge on any atom is 0.313 e. The number of carbonyl (C=O) groups excluding carboxylic acids is 2. The number of fused-ring (bicyclic) bond motifs is 2. The van der Waals surface area contributed by atoms with Crippen LogP contribution in [0.3, 0.4) is 0 Å². The second-order valence-corrected chi connectivity index (χ2v) is 8.36. The fourth-order valence-electron chi connectivity index (χ4n) is 4.40. The van der Waals surface area contributed by atoms with Gasteiger partial charge in [0.2, 0.25) is 0 Å². The molecule has 5 heteroatoms. The Morgan fingerprint density at radius 1 is 1.00 bits per heavy atom. The molecule has 5 nitrogen and oxygen atoms in total. The molecule has 1 aliphatic heterocycles. The molecule has 144 valence electrons. The third kappa shape index (κ3) is 2.49. The van der Waals surface area contributed by atoms with Gasteiger partial charge in [0.25, 0.3) is 5.91 Å². The van der Waals surface area contributed by atoms with Gasteiger partial charge in [0.15, 0.2) is 5.60 Å². The number of rotatable bonds is 4. The summed E-state index contributed by atoms with van der Waals surface area (Å²) in [6, 6.07) is 18.0. The summed E-state index contributed by atoms with van der Waals surface area (Å²) in [5.74, 6) is -0.649. The summed E-state index contributed by atoms with van der Waals surface area (Å²) in [7, 11) is 0. The van der Waals surface area contributed by atoms with Crippen LogP contribution < -0.4 is 5.43 Å². The molecule has 2 aliphatic rings. The van der Waals surface area contributed by atoms with E-state index >= 15 is 0 Å². The molecule has 1 saturated heterocycles. The van der Waals surface area contributed by atoms with Crippen LogP contribution in [0.2, 0.25) is 0 Å². The van der Waals surface area contributed by atoms with Gasteiger partial charge in [-0.15, -0.1) is 0 Å². The van der Waals surface area contributed by atoms with Crippen molar-refractivity contribution in [1.82, 2.24) is 5.43 Å². The van der Waals surface area contributed by atoms with Crippen LogP contribution in [0.5, 0.6) is 0 Å². The zero-order valence-electron chi connectivity index (χ0n) is 16.4. The number of nitrogens with one attached hydrogen (secondary N) is 1. The monoisotopic (exact) mass is 376 g/mol. The molecule has 28 heavy (non-hydrogen) atoms. The van der Waals surface area contributed by atoms with E-state index in [1.807, 2.05) is 63.2 Å². The third-order valence-electron chi connectivity index (χ3n) is 6.85. The van der Waals surface area contributed by atoms with E-state index in [2.05, 4.69) is 22.7 Å². The summed E-state index contributed by atoms with van der Waals surface area (Å²) >= 11 is 0. The van der Waals surface area contributed by atoms with Crippen LogP contribution in [0.1, 0.15) is 39.2 Å². The number of benzene rings is 2. The number of amides is 1. The molecule has 2 aromatic rings. The number of carbonyl (C=O) groups is 2. The molecule has 0 radical (unpaired) electrons. The number of hydrogen-bond acceptors (Lipinski definition) is 4. The first-order valence-corrected chi connectivity index (χ1v) is 9.53. The highest BCUT2D eigenvalue weighted by Crippen LogP contribution is 2.65. The smallest absolute Gasteiger partial charge is 0.313 e. The van der Waals surface area contributed by atoms with Crippen molar-refractivity contribution in [3.63, 3.8) is 0 Å². The zero-order chi connectivity index (χ0) is 20.0. The van der Waals surface area contributed by atoms with Gasteiger partial charge in [-0.1, -0.05) is 68.4 Å². The molecule has 1 saturated carbocycles. The normalized spacial score (nSPS) is 27.8. The van der Waals surface area contributed by atoms with Gasteiger partial charge in [0.05, 0.1) is 11.6 Å². The fourth-order valence-corrected chi connectivity index (χ4v) is 4.40. The van der Waals surface area contributed by atoms with Gasteiger partial charge in [-0.25, -0.2) is 5.43 Å². The molecule has 1 N–H and O–H groups in total. The molecule has 2 unspecified atom stereocenters.